The van der Waals surface area contributed by atoms with Crippen molar-refractivity contribution < 1.29 is 39.9 Å². The number of ether oxygens (including phenoxy) is 1. The third-order valence-corrected chi connectivity index (χ3v) is 4.42. The minimum atomic E-state index is -6.32. The molecule has 3 aromatic rings. The Hall–Kier alpha value is -3.24. The van der Waals surface area contributed by atoms with Crippen LogP contribution in [0.25, 0.3) is 10.8 Å². The average Bonchev–Trinajstić information content (AvgIpc) is 2.76. The minimum absolute atomic E-state index is 0.256. The minimum Gasteiger partial charge on any atom is -0.487 e. The van der Waals surface area contributed by atoms with Crippen molar-refractivity contribution in [3.8, 4) is 5.75 Å². The normalized spacial score (nSPS) is 13.3. The summed E-state index contributed by atoms with van der Waals surface area (Å²) in [5.74, 6) is -18.5. The summed E-state index contributed by atoms with van der Waals surface area (Å²) >= 11 is 0. The highest BCUT2D eigenvalue weighted by atomic mass is 19.4. The SMILES string of the molecule is FC(F)C(F)(F)C(F)(F)C(F)(F)COc1ccc(/N=N/c2ccc3ccccc3c2)cc1. The van der Waals surface area contributed by atoms with Crippen molar-refractivity contribution in [1.29, 1.82) is 0 Å². The third kappa shape index (κ3) is 4.66. The molecule has 0 spiro atoms. The highest BCUT2D eigenvalue weighted by molar-refractivity contribution is 5.85. The smallest absolute Gasteiger partial charge is 0.381 e. The summed E-state index contributed by atoms with van der Waals surface area (Å²) in [5, 5.41) is 9.91. The van der Waals surface area contributed by atoms with E-state index in [0.29, 0.717) is 5.69 Å². The summed E-state index contributed by atoms with van der Waals surface area (Å²) in [6, 6.07) is 17.5. The van der Waals surface area contributed by atoms with Gasteiger partial charge in [0.1, 0.15) is 5.75 Å². The Kier molecular flexibility index (Phi) is 6.38. The van der Waals surface area contributed by atoms with Crippen LogP contribution in [0.15, 0.2) is 77.0 Å². The van der Waals surface area contributed by atoms with Gasteiger partial charge in [-0.15, -0.1) is 0 Å². The fourth-order valence-electron chi connectivity index (χ4n) is 2.61. The van der Waals surface area contributed by atoms with Gasteiger partial charge in [-0.05, 0) is 47.2 Å². The molecule has 0 atom stereocenters. The fraction of sp³-hybridized carbons (Fsp3) is 0.238. The zero-order valence-electron chi connectivity index (χ0n) is 16.0. The van der Waals surface area contributed by atoms with Gasteiger partial charge in [0.15, 0.2) is 6.61 Å². The molecule has 0 fully saturated rings. The number of hydrogen-bond acceptors (Lipinski definition) is 3. The van der Waals surface area contributed by atoms with Crippen LogP contribution in [0.2, 0.25) is 0 Å². The molecule has 0 aliphatic carbocycles. The number of halogens is 8. The molecule has 0 aliphatic rings. The number of benzene rings is 3. The van der Waals surface area contributed by atoms with Crippen LogP contribution in [-0.2, 0) is 0 Å². The van der Waals surface area contributed by atoms with Crippen molar-refractivity contribution >= 4 is 22.1 Å². The zero-order valence-corrected chi connectivity index (χ0v) is 16.0. The van der Waals surface area contributed by atoms with E-state index in [0.717, 1.165) is 22.9 Å². The van der Waals surface area contributed by atoms with E-state index in [4.69, 9.17) is 0 Å². The Balaban J connectivity index is 1.65. The number of alkyl halides is 8. The second-order valence-corrected chi connectivity index (χ2v) is 6.72. The van der Waals surface area contributed by atoms with Crippen molar-refractivity contribution in [3.05, 3.63) is 66.7 Å². The van der Waals surface area contributed by atoms with Crippen molar-refractivity contribution in [2.75, 3.05) is 6.61 Å². The highest BCUT2D eigenvalue weighted by Gasteiger charge is 2.75. The summed E-state index contributed by atoms with van der Waals surface area (Å²) in [6.45, 7) is -2.24. The van der Waals surface area contributed by atoms with Gasteiger partial charge in [-0.1, -0.05) is 30.3 Å². The highest BCUT2D eigenvalue weighted by Crippen LogP contribution is 2.48. The predicted octanol–water partition coefficient (Wildman–Crippen LogP) is 7.81. The summed E-state index contributed by atoms with van der Waals surface area (Å²) in [6.07, 6.45) is -4.98. The maximum atomic E-state index is 13.5. The standard InChI is InChI=1S/C21H14F8N2O/c22-18(23)20(26,27)21(28,29)19(24,25)12-32-17-9-7-15(8-10-17)30-31-16-6-5-13-3-1-2-4-14(13)11-16/h1-11,18H,12H2/b31-30+. The number of hydrogen-bond donors (Lipinski definition) is 0. The molecular weight excluding hydrogens is 448 g/mol. The molecule has 170 valence electrons. The van der Waals surface area contributed by atoms with E-state index >= 15 is 0 Å². The van der Waals surface area contributed by atoms with Gasteiger partial charge in [0, 0.05) is 0 Å². The molecule has 0 heterocycles. The topological polar surface area (TPSA) is 34.0 Å². The second kappa shape index (κ2) is 8.71. The molecule has 0 radical (unpaired) electrons. The number of rotatable bonds is 8. The van der Waals surface area contributed by atoms with Gasteiger partial charge < -0.3 is 4.74 Å². The Morgan fingerprint density at radius 2 is 1.28 bits per heavy atom. The number of fused-ring (bicyclic) bond motifs is 1. The van der Waals surface area contributed by atoms with Crippen molar-refractivity contribution in [1.82, 2.24) is 0 Å². The largest absolute Gasteiger partial charge is 0.487 e. The van der Waals surface area contributed by atoms with E-state index in [2.05, 4.69) is 15.0 Å². The molecule has 3 aromatic carbocycles. The summed E-state index contributed by atoms with van der Waals surface area (Å²) < 4.78 is 108. The summed E-state index contributed by atoms with van der Waals surface area (Å²) in [7, 11) is 0. The molecule has 3 nitrogen and oxygen atoms in total. The molecular formula is C21H14F8N2O. The van der Waals surface area contributed by atoms with Crippen LogP contribution in [0.5, 0.6) is 5.75 Å². The van der Waals surface area contributed by atoms with E-state index in [1.807, 2.05) is 30.3 Å². The van der Waals surface area contributed by atoms with E-state index in [1.54, 1.807) is 12.1 Å². The van der Waals surface area contributed by atoms with Gasteiger partial charge in [0.05, 0.1) is 11.4 Å². The first kappa shape index (κ1) is 23.4. The van der Waals surface area contributed by atoms with Gasteiger partial charge in [-0.2, -0.15) is 36.6 Å². The van der Waals surface area contributed by atoms with Crippen LogP contribution in [0.3, 0.4) is 0 Å². The van der Waals surface area contributed by atoms with E-state index in [9.17, 15) is 35.1 Å². The Morgan fingerprint density at radius 3 is 1.91 bits per heavy atom. The molecule has 3 rings (SSSR count). The van der Waals surface area contributed by atoms with Crippen LogP contribution in [-0.4, -0.2) is 30.8 Å². The Labute approximate surface area is 176 Å². The molecule has 0 unspecified atom stereocenters. The monoisotopic (exact) mass is 462 g/mol. The molecule has 0 aliphatic heterocycles. The maximum absolute atomic E-state index is 13.5. The molecule has 0 aromatic heterocycles. The Morgan fingerprint density at radius 1 is 0.719 bits per heavy atom. The van der Waals surface area contributed by atoms with Gasteiger partial charge in [-0.25, -0.2) is 8.78 Å². The van der Waals surface area contributed by atoms with Gasteiger partial charge in [-0.3, -0.25) is 0 Å². The van der Waals surface area contributed by atoms with E-state index < -0.39 is 30.8 Å². The lowest BCUT2D eigenvalue weighted by Crippen LogP contribution is -2.59. The van der Waals surface area contributed by atoms with E-state index in [1.165, 1.54) is 12.1 Å². The summed E-state index contributed by atoms with van der Waals surface area (Å²) in [4.78, 5) is 0. The molecule has 11 heteroatoms. The maximum Gasteiger partial charge on any atom is 0.381 e. The molecule has 0 N–H and O–H groups in total. The van der Waals surface area contributed by atoms with Crippen molar-refractivity contribution in [2.24, 2.45) is 10.2 Å². The summed E-state index contributed by atoms with van der Waals surface area (Å²) in [5.41, 5.74) is 0.790. The first-order valence-corrected chi connectivity index (χ1v) is 8.99. The average molecular weight is 462 g/mol. The zero-order chi connectivity index (χ0) is 23.6. The van der Waals surface area contributed by atoms with Crippen LogP contribution >= 0.6 is 0 Å². The Bertz CT molecular complexity index is 1100. The van der Waals surface area contributed by atoms with Crippen molar-refractivity contribution in [2.45, 2.75) is 24.2 Å². The third-order valence-electron chi connectivity index (χ3n) is 4.42. The molecule has 0 amide bonds. The quantitative estimate of drug-likeness (QED) is 0.248. The van der Waals surface area contributed by atoms with Crippen molar-refractivity contribution in [3.63, 3.8) is 0 Å². The van der Waals surface area contributed by atoms with Gasteiger partial charge >= 0.3 is 24.2 Å². The molecule has 0 saturated heterocycles. The second-order valence-electron chi connectivity index (χ2n) is 6.72. The first-order valence-electron chi connectivity index (χ1n) is 8.99. The van der Waals surface area contributed by atoms with Crippen LogP contribution in [0, 0.1) is 0 Å². The van der Waals surface area contributed by atoms with Crippen LogP contribution < -0.4 is 4.74 Å². The van der Waals surface area contributed by atoms with Crippen LogP contribution in [0.4, 0.5) is 46.5 Å². The lowest BCUT2D eigenvalue weighted by molar-refractivity contribution is -0.342. The first-order chi connectivity index (χ1) is 14.9. The fourth-order valence-corrected chi connectivity index (χ4v) is 2.61. The van der Waals surface area contributed by atoms with Gasteiger partial charge in [0.25, 0.3) is 0 Å². The van der Waals surface area contributed by atoms with E-state index in [-0.39, 0.29) is 11.4 Å². The van der Waals surface area contributed by atoms with Crippen LogP contribution in [0.1, 0.15) is 0 Å². The number of nitrogens with zero attached hydrogens (tertiary/aromatic N) is 2. The lowest BCUT2D eigenvalue weighted by atomic mass is 10.1. The molecule has 0 bridgehead atoms. The van der Waals surface area contributed by atoms with Gasteiger partial charge in [0.2, 0.25) is 0 Å². The molecule has 32 heavy (non-hydrogen) atoms. The number of azo groups is 1. The molecule has 0 saturated carbocycles. The lowest BCUT2D eigenvalue weighted by Gasteiger charge is -2.31. The predicted molar refractivity (Wildman–Crippen MR) is 101 cm³/mol.